The van der Waals surface area contributed by atoms with E-state index in [1.54, 1.807) is 7.11 Å². The second kappa shape index (κ2) is 8.08. The molecule has 0 aromatic heterocycles. The van der Waals surface area contributed by atoms with Crippen molar-refractivity contribution >= 4 is 6.08 Å². The van der Waals surface area contributed by atoms with E-state index in [2.05, 4.69) is 47.5 Å². The number of rotatable bonds is 5. The summed E-state index contributed by atoms with van der Waals surface area (Å²) in [7, 11) is 1.73. The lowest BCUT2D eigenvalue weighted by atomic mass is 10.1. The summed E-state index contributed by atoms with van der Waals surface area (Å²) >= 11 is 0. The molecule has 3 heteroatoms. The van der Waals surface area contributed by atoms with Crippen LogP contribution in [-0.4, -0.2) is 44.7 Å². The van der Waals surface area contributed by atoms with Crippen LogP contribution in [0.1, 0.15) is 24.5 Å². The van der Waals surface area contributed by atoms with Crippen molar-refractivity contribution in [2.24, 2.45) is 0 Å². The van der Waals surface area contributed by atoms with Crippen molar-refractivity contribution in [1.29, 1.82) is 0 Å². The Morgan fingerprint density at radius 2 is 2.20 bits per heavy atom. The van der Waals surface area contributed by atoms with Crippen molar-refractivity contribution in [2.45, 2.75) is 19.8 Å². The van der Waals surface area contributed by atoms with E-state index >= 15 is 0 Å². The zero-order chi connectivity index (χ0) is 14.2. The van der Waals surface area contributed by atoms with Gasteiger partial charge < -0.3 is 10.1 Å². The molecule has 1 heterocycles. The van der Waals surface area contributed by atoms with Crippen molar-refractivity contribution in [1.82, 2.24) is 10.2 Å². The quantitative estimate of drug-likeness (QED) is 0.893. The second-order valence-electron chi connectivity index (χ2n) is 5.23. The molecule has 110 valence electrons. The zero-order valence-electron chi connectivity index (χ0n) is 12.7. The SMILES string of the molecule is CCc1cc(/C=C/CN2CCCNCC2)ccc1OC. The number of aryl methyl sites for hydroxylation is 1. The molecule has 3 nitrogen and oxygen atoms in total. The minimum atomic E-state index is 0.989. The van der Waals surface area contributed by atoms with Crippen molar-refractivity contribution < 1.29 is 4.74 Å². The first-order valence-electron chi connectivity index (χ1n) is 7.60. The Hall–Kier alpha value is -1.32. The molecule has 20 heavy (non-hydrogen) atoms. The molecule has 0 spiro atoms. The van der Waals surface area contributed by atoms with Gasteiger partial charge in [0.05, 0.1) is 7.11 Å². The predicted octanol–water partition coefficient (Wildman–Crippen LogP) is 2.57. The number of nitrogens with zero attached hydrogens (tertiary/aromatic N) is 1. The minimum absolute atomic E-state index is 0.989. The van der Waals surface area contributed by atoms with Gasteiger partial charge in [-0.2, -0.15) is 0 Å². The van der Waals surface area contributed by atoms with Gasteiger partial charge in [-0.1, -0.05) is 25.1 Å². The lowest BCUT2D eigenvalue weighted by molar-refractivity contribution is 0.324. The average Bonchev–Trinajstić information content (AvgIpc) is 2.76. The lowest BCUT2D eigenvalue weighted by Crippen LogP contribution is -2.28. The second-order valence-corrected chi connectivity index (χ2v) is 5.23. The summed E-state index contributed by atoms with van der Waals surface area (Å²) in [5.41, 5.74) is 2.53. The molecule has 1 aromatic rings. The number of nitrogens with one attached hydrogen (secondary N) is 1. The molecule has 1 aromatic carbocycles. The molecule has 1 aliphatic rings. The van der Waals surface area contributed by atoms with E-state index in [4.69, 9.17) is 4.74 Å². The first-order valence-corrected chi connectivity index (χ1v) is 7.60. The smallest absolute Gasteiger partial charge is 0.122 e. The van der Waals surface area contributed by atoms with Crippen LogP contribution in [0.2, 0.25) is 0 Å². The number of ether oxygens (including phenoxy) is 1. The summed E-state index contributed by atoms with van der Waals surface area (Å²) in [6, 6.07) is 6.41. The van der Waals surface area contributed by atoms with Crippen LogP contribution < -0.4 is 10.1 Å². The minimum Gasteiger partial charge on any atom is -0.496 e. The van der Waals surface area contributed by atoms with Gasteiger partial charge in [-0.15, -0.1) is 0 Å². The molecule has 0 aliphatic carbocycles. The molecular formula is C17H26N2O. The number of benzene rings is 1. The predicted molar refractivity (Wildman–Crippen MR) is 85.3 cm³/mol. The van der Waals surface area contributed by atoms with E-state index in [9.17, 15) is 0 Å². The van der Waals surface area contributed by atoms with Crippen LogP contribution in [-0.2, 0) is 6.42 Å². The van der Waals surface area contributed by atoms with Gasteiger partial charge in [0.15, 0.2) is 0 Å². The fourth-order valence-corrected chi connectivity index (χ4v) is 2.60. The van der Waals surface area contributed by atoms with Gasteiger partial charge in [0.2, 0.25) is 0 Å². The van der Waals surface area contributed by atoms with Crippen LogP contribution in [0.15, 0.2) is 24.3 Å². The van der Waals surface area contributed by atoms with Crippen molar-refractivity contribution in [3.05, 3.63) is 35.4 Å². The van der Waals surface area contributed by atoms with Gasteiger partial charge in [0.25, 0.3) is 0 Å². The van der Waals surface area contributed by atoms with E-state index in [1.165, 1.54) is 24.1 Å². The fourth-order valence-electron chi connectivity index (χ4n) is 2.60. The molecule has 1 fully saturated rings. The highest BCUT2D eigenvalue weighted by atomic mass is 16.5. The van der Waals surface area contributed by atoms with Crippen molar-refractivity contribution in [3.8, 4) is 5.75 Å². The molecule has 0 amide bonds. The average molecular weight is 274 g/mol. The highest BCUT2D eigenvalue weighted by molar-refractivity contribution is 5.53. The van der Waals surface area contributed by atoms with Crippen LogP contribution in [0.25, 0.3) is 6.08 Å². The van der Waals surface area contributed by atoms with E-state index in [1.807, 2.05) is 0 Å². The standard InChI is InChI=1S/C17H26N2O/c1-3-16-14-15(7-8-17(16)20-2)6-4-11-19-12-5-9-18-10-13-19/h4,6-8,14,18H,3,5,9-13H2,1-2H3/b6-4+. The van der Waals surface area contributed by atoms with Gasteiger partial charge in [-0.05, 0) is 49.2 Å². The number of methoxy groups -OCH3 is 1. The molecule has 0 radical (unpaired) electrons. The summed E-state index contributed by atoms with van der Waals surface area (Å²) in [4.78, 5) is 2.50. The summed E-state index contributed by atoms with van der Waals surface area (Å²) in [5.74, 6) is 0.989. The third-order valence-corrected chi connectivity index (χ3v) is 3.79. The summed E-state index contributed by atoms with van der Waals surface area (Å²) < 4.78 is 5.37. The van der Waals surface area contributed by atoms with E-state index < -0.39 is 0 Å². The molecule has 0 bridgehead atoms. The fraction of sp³-hybridized carbons (Fsp3) is 0.529. The summed E-state index contributed by atoms with van der Waals surface area (Å²) in [5, 5.41) is 3.43. The molecular weight excluding hydrogens is 248 g/mol. The van der Waals surface area contributed by atoms with Gasteiger partial charge in [0, 0.05) is 19.6 Å². The Bertz CT molecular complexity index is 435. The Morgan fingerprint density at radius 3 is 3.00 bits per heavy atom. The van der Waals surface area contributed by atoms with Gasteiger partial charge in [-0.3, -0.25) is 4.90 Å². The zero-order valence-corrected chi connectivity index (χ0v) is 12.7. The Labute approximate surface area is 122 Å². The highest BCUT2D eigenvalue weighted by Crippen LogP contribution is 2.21. The van der Waals surface area contributed by atoms with E-state index in [0.29, 0.717) is 0 Å². The van der Waals surface area contributed by atoms with Gasteiger partial charge >= 0.3 is 0 Å². The van der Waals surface area contributed by atoms with Gasteiger partial charge in [0.1, 0.15) is 5.75 Å². The molecule has 1 N–H and O–H groups in total. The maximum atomic E-state index is 5.37. The third-order valence-electron chi connectivity index (χ3n) is 3.79. The van der Waals surface area contributed by atoms with E-state index in [0.717, 1.165) is 38.3 Å². The largest absolute Gasteiger partial charge is 0.496 e. The Kier molecular flexibility index (Phi) is 6.09. The first-order chi connectivity index (χ1) is 9.83. The van der Waals surface area contributed by atoms with Crippen LogP contribution in [0.5, 0.6) is 5.75 Å². The van der Waals surface area contributed by atoms with E-state index in [-0.39, 0.29) is 0 Å². The first kappa shape index (κ1) is 15.1. The molecule has 0 unspecified atom stereocenters. The summed E-state index contributed by atoms with van der Waals surface area (Å²) in [6.45, 7) is 7.80. The molecule has 0 saturated carbocycles. The Balaban J connectivity index is 1.93. The van der Waals surface area contributed by atoms with Crippen molar-refractivity contribution in [2.75, 3.05) is 39.8 Å². The van der Waals surface area contributed by atoms with Crippen LogP contribution in [0.3, 0.4) is 0 Å². The normalized spacial score (nSPS) is 17.3. The highest BCUT2D eigenvalue weighted by Gasteiger charge is 2.06. The molecule has 0 atom stereocenters. The number of hydrogen-bond donors (Lipinski definition) is 1. The Morgan fingerprint density at radius 1 is 1.30 bits per heavy atom. The van der Waals surface area contributed by atoms with Crippen LogP contribution >= 0.6 is 0 Å². The van der Waals surface area contributed by atoms with Crippen LogP contribution in [0, 0.1) is 0 Å². The summed E-state index contributed by atoms with van der Waals surface area (Å²) in [6.07, 6.45) is 6.74. The molecule has 1 aliphatic heterocycles. The maximum Gasteiger partial charge on any atom is 0.122 e. The molecule has 2 rings (SSSR count). The van der Waals surface area contributed by atoms with Crippen LogP contribution in [0.4, 0.5) is 0 Å². The molecule has 1 saturated heterocycles. The topological polar surface area (TPSA) is 24.5 Å². The van der Waals surface area contributed by atoms with Crippen molar-refractivity contribution in [3.63, 3.8) is 0 Å². The van der Waals surface area contributed by atoms with Gasteiger partial charge in [-0.25, -0.2) is 0 Å². The maximum absolute atomic E-state index is 5.37. The number of hydrogen-bond acceptors (Lipinski definition) is 3. The monoisotopic (exact) mass is 274 g/mol. The third kappa shape index (κ3) is 4.36. The lowest BCUT2D eigenvalue weighted by Gasteiger charge is -2.16.